The molecule has 3 aliphatic rings. The molecule has 1 aromatic carbocycles. The third-order valence-electron chi connectivity index (χ3n) is 5.61. The van der Waals surface area contributed by atoms with Crippen LogP contribution in [0.15, 0.2) is 42.7 Å². The molecule has 0 radical (unpaired) electrons. The van der Waals surface area contributed by atoms with Gasteiger partial charge in [0.2, 0.25) is 0 Å². The number of nitrogens with zero attached hydrogens (tertiary/aromatic N) is 4. The Morgan fingerprint density at radius 1 is 1.08 bits per heavy atom. The molecule has 2 aromatic rings. The lowest BCUT2D eigenvalue weighted by Crippen LogP contribution is -2.43. The van der Waals surface area contributed by atoms with Crippen LogP contribution < -0.4 is 0 Å². The summed E-state index contributed by atoms with van der Waals surface area (Å²) in [5.41, 5.74) is 1.96. The molecular weight excluding hydrogens is 324 g/mol. The molecule has 136 valence electrons. The van der Waals surface area contributed by atoms with Crippen molar-refractivity contribution in [3.63, 3.8) is 0 Å². The molecule has 2 bridgehead atoms. The molecule has 0 N–H and O–H groups in total. The van der Waals surface area contributed by atoms with Crippen LogP contribution in [0, 0.1) is 5.92 Å². The highest BCUT2D eigenvalue weighted by atomic mass is 16.2. The zero-order valence-electron chi connectivity index (χ0n) is 15.3. The van der Waals surface area contributed by atoms with Crippen LogP contribution in [0.2, 0.25) is 0 Å². The Hall–Kier alpha value is -2.27. The molecule has 5 nitrogen and oxygen atoms in total. The van der Waals surface area contributed by atoms with E-state index in [1.165, 1.54) is 18.4 Å². The Kier molecular flexibility index (Phi) is 4.98. The minimum Gasteiger partial charge on any atom is -0.337 e. The number of aromatic nitrogens is 2. The molecule has 26 heavy (non-hydrogen) atoms. The SMILES string of the molecule is CCc1ncc(C(=O)N2C[C@@H]3CC[C@H](C2)N(Cc2ccccc2)C3)cn1. The van der Waals surface area contributed by atoms with E-state index in [2.05, 4.69) is 45.2 Å². The van der Waals surface area contributed by atoms with Crippen molar-refractivity contribution in [2.75, 3.05) is 19.6 Å². The third-order valence-corrected chi connectivity index (χ3v) is 5.61. The summed E-state index contributed by atoms with van der Waals surface area (Å²) in [4.78, 5) is 26.1. The maximum absolute atomic E-state index is 13.0. The second kappa shape index (κ2) is 7.54. The highest BCUT2D eigenvalue weighted by Crippen LogP contribution is 2.29. The summed E-state index contributed by atoms with van der Waals surface area (Å²) in [6.45, 7) is 5.71. The molecule has 0 aliphatic carbocycles. The Balaban J connectivity index is 1.47. The van der Waals surface area contributed by atoms with Gasteiger partial charge in [-0.05, 0) is 24.3 Å². The Morgan fingerprint density at radius 2 is 1.85 bits per heavy atom. The quantitative estimate of drug-likeness (QED) is 0.851. The summed E-state index contributed by atoms with van der Waals surface area (Å²) in [5.74, 6) is 1.41. The smallest absolute Gasteiger partial charge is 0.257 e. The number of hydrogen-bond acceptors (Lipinski definition) is 4. The molecule has 0 saturated carbocycles. The van der Waals surface area contributed by atoms with Gasteiger partial charge in [0.05, 0.1) is 5.56 Å². The zero-order valence-corrected chi connectivity index (χ0v) is 15.3. The summed E-state index contributed by atoms with van der Waals surface area (Å²) in [7, 11) is 0. The van der Waals surface area contributed by atoms with Crippen LogP contribution in [-0.2, 0) is 13.0 Å². The topological polar surface area (TPSA) is 49.3 Å². The van der Waals surface area contributed by atoms with Gasteiger partial charge in [0.25, 0.3) is 5.91 Å². The zero-order chi connectivity index (χ0) is 17.9. The van der Waals surface area contributed by atoms with Crippen LogP contribution in [0.3, 0.4) is 0 Å². The van der Waals surface area contributed by atoms with E-state index >= 15 is 0 Å². The minimum absolute atomic E-state index is 0.0751. The number of fused-ring (bicyclic) bond motifs is 4. The van der Waals surface area contributed by atoms with E-state index in [0.29, 0.717) is 17.5 Å². The predicted molar refractivity (Wildman–Crippen MR) is 101 cm³/mol. The van der Waals surface area contributed by atoms with E-state index in [1.54, 1.807) is 12.4 Å². The summed E-state index contributed by atoms with van der Waals surface area (Å²) >= 11 is 0. The Morgan fingerprint density at radius 3 is 2.58 bits per heavy atom. The number of piperidine rings is 1. The van der Waals surface area contributed by atoms with Crippen molar-refractivity contribution in [2.45, 2.75) is 38.8 Å². The highest BCUT2D eigenvalue weighted by Gasteiger charge is 2.36. The van der Waals surface area contributed by atoms with E-state index in [9.17, 15) is 4.79 Å². The molecule has 5 heteroatoms. The van der Waals surface area contributed by atoms with E-state index in [-0.39, 0.29) is 5.91 Å². The largest absolute Gasteiger partial charge is 0.337 e. The lowest BCUT2D eigenvalue weighted by molar-refractivity contribution is 0.0735. The average Bonchev–Trinajstić information content (AvgIpc) is 3.00. The van der Waals surface area contributed by atoms with Gasteiger partial charge in [-0.1, -0.05) is 37.3 Å². The van der Waals surface area contributed by atoms with E-state index < -0.39 is 0 Å². The lowest BCUT2D eigenvalue weighted by Gasteiger charge is -2.36. The molecule has 3 saturated heterocycles. The normalized spacial score (nSPS) is 23.0. The van der Waals surface area contributed by atoms with Crippen molar-refractivity contribution in [3.8, 4) is 0 Å². The third kappa shape index (κ3) is 3.63. The fraction of sp³-hybridized carbons (Fsp3) is 0.476. The maximum Gasteiger partial charge on any atom is 0.257 e. The fourth-order valence-corrected chi connectivity index (χ4v) is 4.19. The van der Waals surface area contributed by atoms with Crippen molar-refractivity contribution < 1.29 is 4.79 Å². The Labute approximate surface area is 155 Å². The summed E-state index contributed by atoms with van der Waals surface area (Å²) in [6.07, 6.45) is 6.54. The van der Waals surface area contributed by atoms with Gasteiger partial charge in [-0.3, -0.25) is 9.69 Å². The molecule has 2 atom stereocenters. The Bertz CT molecular complexity index is 746. The second-order valence-corrected chi connectivity index (χ2v) is 7.46. The first kappa shape index (κ1) is 17.2. The monoisotopic (exact) mass is 350 g/mol. The fourth-order valence-electron chi connectivity index (χ4n) is 4.19. The minimum atomic E-state index is 0.0751. The van der Waals surface area contributed by atoms with E-state index in [0.717, 1.165) is 38.4 Å². The molecule has 1 amide bonds. The number of aryl methyl sites for hydroxylation is 1. The number of rotatable bonds is 4. The molecule has 5 rings (SSSR count). The molecule has 3 fully saturated rings. The van der Waals surface area contributed by atoms with Crippen LogP contribution in [0.5, 0.6) is 0 Å². The van der Waals surface area contributed by atoms with Crippen molar-refractivity contribution in [1.29, 1.82) is 0 Å². The number of carbonyl (C=O) groups is 1. The highest BCUT2D eigenvalue weighted by molar-refractivity contribution is 5.93. The van der Waals surface area contributed by atoms with E-state index in [1.807, 2.05) is 11.8 Å². The molecule has 1 aromatic heterocycles. The van der Waals surface area contributed by atoms with Crippen molar-refractivity contribution >= 4 is 5.91 Å². The van der Waals surface area contributed by atoms with Crippen molar-refractivity contribution in [3.05, 3.63) is 59.7 Å². The molecular formula is C21H26N4O. The number of carbonyl (C=O) groups excluding carboxylic acids is 1. The molecule has 0 unspecified atom stereocenters. The number of amides is 1. The summed E-state index contributed by atoms with van der Waals surface area (Å²) < 4.78 is 0. The first-order valence-electron chi connectivity index (χ1n) is 9.61. The van der Waals surface area contributed by atoms with E-state index in [4.69, 9.17) is 0 Å². The predicted octanol–water partition coefficient (Wildman–Crippen LogP) is 2.78. The van der Waals surface area contributed by atoms with Crippen molar-refractivity contribution in [2.24, 2.45) is 5.92 Å². The van der Waals surface area contributed by atoms with Gasteiger partial charge in [0.15, 0.2) is 0 Å². The van der Waals surface area contributed by atoms with Gasteiger partial charge in [-0.25, -0.2) is 9.97 Å². The van der Waals surface area contributed by atoms with Crippen molar-refractivity contribution in [1.82, 2.24) is 19.8 Å². The summed E-state index contributed by atoms with van der Waals surface area (Å²) in [6, 6.07) is 11.1. The van der Waals surface area contributed by atoms with Gasteiger partial charge in [0, 0.05) is 51.0 Å². The molecule has 4 heterocycles. The number of benzene rings is 1. The summed E-state index contributed by atoms with van der Waals surface area (Å²) in [5, 5.41) is 0. The van der Waals surface area contributed by atoms with Gasteiger partial charge < -0.3 is 4.90 Å². The first-order chi connectivity index (χ1) is 12.7. The van der Waals surface area contributed by atoms with Gasteiger partial charge in [-0.15, -0.1) is 0 Å². The van der Waals surface area contributed by atoms with Gasteiger partial charge >= 0.3 is 0 Å². The van der Waals surface area contributed by atoms with Crippen LogP contribution in [-0.4, -0.2) is 51.4 Å². The van der Waals surface area contributed by atoms with Crippen LogP contribution in [0.25, 0.3) is 0 Å². The first-order valence-corrected chi connectivity index (χ1v) is 9.61. The van der Waals surface area contributed by atoms with Gasteiger partial charge in [-0.2, -0.15) is 0 Å². The average molecular weight is 350 g/mol. The lowest BCUT2D eigenvalue weighted by atomic mass is 9.94. The molecule has 0 spiro atoms. The number of hydrogen-bond donors (Lipinski definition) is 0. The van der Waals surface area contributed by atoms with Crippen LogP contribution in [0.1, 0.15) is 41.5 Å². The van der Waals surface area contributed by atoms with Gasteiger partial charge in [0.1, 0.15) is 5.82 Å². The van der Waals surface area contributed by atoms with Crippen LogP contribution >= 0.6 is 0 Å². The second-order valence-electron chi connectivity index (χ2n) is 7.46. The standard InChI is InChI=1S/C21H26N4O/c1-2-20-22-10-18(11-23-20)21(26)25-14-17-8-9-19(15-25)24(13-17)12-16-6-4-3-5-7-16/h3-7,10-11,17,19H,2,8-9,12-15H2,1H3/t17-,19-/m1/s1. The maximum atomic E-state index is 13.0. The molecule has 3 aliphatic heterocycles. The van der Waals surface area contributed by atoms with Crippen LogP contribution in [0.4, 0.5) is 0 Å².